The summed E-state index contributed by atoms with van der Waals surface area (Å²) in [5.41, 5.74) is 4.85. The van der Waals surface area contributed by atoms with Gasteiger partial charge in [0.15, 0.2) is 11.5 Å². The van der Waals surface area contributed by atoms with Crippen molar-refractivity contribution in [1.29, 1.82) is 0 Å². The lowest BCUT2D eigenvalue weighted by atomic mass is 9.96. The SMILES string of the molecule is Nc1ncc(-c2cc3n(n2)CCO[C@@]32CCNC2)nc1C(F)(F)F. The number of fused-ring (bicyclic) bond motifs is 2. The monoisotopic (exact) mass is 340 g/mol. The molecule has 1 fully saturated rings. The molecule has 0 unspecified atom stereocenters. The van der Waals surface area contributed by atoms with Crippen molar-refractivity contribution >= 4 is 5.82 Å². The largest absolute Gasteiger partial charge is 0.437 e. The molecule has 2 aliphatic heterocycles. The van der Waals surface area contributed by atoms with Crippen LogP contribution in [0.4, 0.5) is 19.0 Å². The van der Waals surface area contributed by atoms with E-state index in [2.05, 4.69) is 20.4 Å². The molecule has 1 saturated heterocycles. The molecule has 2 aromatic rings. The molecule has 1 atom stereocenters. The van der Waals surface area contributed by atoms with E-state index in [4.69, 9.17) is 10.5 Å². The maximum atomic E-state index is 13.0. The van der Waals surface area contributed by atoms with Gasteiger partial charge >= 0.3 is 6.18 Å². The third kappa shape index (κ3) is 2.33. The Morgan fingerprint density at radius 1 is 1.33 bits per heavy atom. The molecule has 4 rings (SSSR count). The topological polar surface area (TPSA) is 90.9 Å². The molecule has 0 radical (unpaired) electrons. The van der Waals surface area contributed by atoms with Crippen molar-refractivity contribution in [3.05, 3.63) is 23.7 Å². The molecule has 2 aromatic heterocycles. The third-order valence-electron chi connectivity index (χ3n) is 4.38. The normalized spacial score (nSPS) is 23.6. The van der Waals surface area contributed by atoms with E-state index >= 15 is 0 Å². The van der Waals surface area contributed by atoms with Gasteiger partial charge in [-0.2, -0.15) is 18.3 Å². The highest BCUT2D eigenvalue weighted by Crippen LogP contribution is 2.37. The van der Waals surface area contributed by atoms with Gasteiger partial charge < -0.3 is 15.8 Å². The fourth-order valence-electron chi connectivity index (χ4n) is 3.22. The van der Waals surface area contributed by atoms with Gasteiger partial charge in [0.05, 0.1) is 25.0 Å². The molecule has 0 amide bonds. The van der Waals surface area contributed by atoms with Gasteiger partial charge in [0, 0.05) is 6.54 Å². The van der Waals surface area contributed by atoms with Crippen LogP contribution in [0.25, 0.3) is 11.4 Å². The number of halogens is 3. The lowest BCUT2D eigenvalue weighted by molar-refractivity contribution is -0.140. The van der Waals surface area contributed by atoms with Crippen LogP contribution in [0.5, 0.6) is 0 Å². The first kappa shape index (κ1) is 15.3. The summed E-state index contributed by atoms with van der Waals surface area (Å²) in [6, 6.07) is 1.73. The Hall–Kier alpha value is -2.20. The molecule has 0 saturated carbocycles. The van der Waals surface area contributed by atoms with Gasteiger partial charge in [0.25, 0.3) is 0 Å². The van der Waals surface area contributed by atoms with Crippen molar-refractivity contribution in [2.45, 2.75) is 24.7 Å². The van der Waals surface area contributed by atoms with Crippen LogP contribution < -0.4 is 11.1 Å². The Morgan fingerprint density at radius 3 is 2.88 bits per heavy atom. The summed E-state index contributed by atoms with van der Waals surface area (Å²) in [6.45, 7) is 2.53. The first-order valence-electron chi connectivity index (χ1n) is 7.52. The summed E-state index contributed by atoms with van der Waals surface area (Å²) in [4.78, 5) is 7.25. The van der Waals surface area contributed by atoms with Crippen molar-refractivity contribution < 1.29 is 17.9 Å². The van der Waals surface area contributed by atoms with Crippen molar-refractivity contribution in [3.8, 4) is 11.4 Å². The minimum Gasteiger partial charge on any atom is -0.382 e. The number of nitrogen functional groups attached to an aromatic ring is 1. The Morgan fingerprint density at radius 2 is 2.17 bits per heavy atom. The second-order valence-corrected chi connectivity index (χ2v) is 5.89. The first-order chi connectivity index (χ1) is 11.4. The summed E-state index contributed by atoms with van der Waals surface area (Å²) in [5.74, 6) is -0.644. The van der Waals surface area contributed by atoms with Gasteiger partial charge in [-0.3, -0.25) is 4.68 Å². The Kier molecular flexibility index (Phi) is 3.29. The van der Waals surface area contributed by atoms with Crippen LogP contribution in [0.3, 0.4) is 0 Å². The average molecular weight is 340 g/mol. The van der Waals surface area contributed by atoms with E-state index in [1.807, 2.05) is 0 Å². The van der Waals surface area contributed by atoms with Crippen LogP contribution in [0, 0.1) is 0 Å². The molecule has 0 bridgehead atoms. The lowest BCUT2D eigenvalue weighted by Crippen LogP contribution is -2.40. The fourth-order valence-corrected chi connectivity index (χ4v) is 3.22. The number of hydrogen-bond acceptors (Lipinski definition) is 6. The number of rotatable bonds is 1. The smallest absolute Gasteiger partial charge is 0.382 e. The molecular formula is C14H15F3N6O. The summed E-state index contributed by atoms with van der Waals surface area (Å²) in [7, 11) is 0. The number of ether oxygens (including phenoxy) is 1. The average Bonchev–Trinajstić information content (AvgIpc) is 3.15. The molecule has 7 nitrogen and oxygen atoms in total. The fraction of sp³-hybridized carbons (Fsp3) is 0.500. The molecule has 1 spiro atoms. The summed E-state index contributed by atoms with van der Waals surface area (Å²) in [6.07, 6.45) is -2.66. The van der Waals surface area contributed by atoms with E-state index < -0.39 is 23.3 Å². The zero-order valence-electron chi connectivity index (χ0n) is 12.6. The number of nitrogens with zero attached hydrogens (tertiary/aromatic N) is 4. The molecule has 128 valence electrons. The van der Waals surface area contributed by atoms with Gasteiger partial charge in [-0.05, 0) is 19.0 Å². The van der Waals surface area contributed by atoms with Crippen molar-refractivity contribution in [2.24, 2.45) is 0 Å². The van der Waals surface area contributed by atoms with E-state index in [1.165, 1.54) is 6.20 Å². The van der Waals surface area contributed by atoms with Crippen LogP contribution >= 0.6 is 0 Å². The standard InChI is InChI=1S/C14H15F3N6O/c15-14(16,17)11-12(18)20-6-9(21-11)8-5-10-13(1-2-19-7-13)24-4-3-23(10)22-8/h5-6,19H,1-4,7H2,(H2,18,20)/t13-/m1/s1. The Balaban J connectivity index is 1.78. The van der Waals surface area contributed by atoms with E-state index in [-0.39, 0.29) is 5.69 Å². The Bertz CT molecular complexity index is 781. The molecular weight excluding hydrogens is 325 g/mol. The van der Waals surface area contributed by atoms with Crippen LogP contribution in [0.15, 0.2) is 12.3 Å². The number of aromatic nitrogens is 4. The van der Waals surface area contributed by atoms with Crippen LogP contribution in [-0.2, 0) is 23.1 Å². The molecule has 2 aliphatic rings. The highest BCUT2D eigenvalue weighted by molar-refractivity contribution is 5.56. The van der Waals surface area contributed by atoms with Gasteiger partial charge in [-0.15, -0.1) is 0 Å². The van der Waals surface area contributed by atoms with Crippen molar-refractivity contribution in [3.63, 3.8) is 0 Å². The highest BCUT2D eigenvalue weighted by Gasteiger charge is 2.42. The zero-order valence-corrected chi connectivity index (χ0v) is 12.6. The van der Waals surface area contributed by atoms with E-state index in [9.17, 15) is 13.2 Å². The van der Waals surface area contributed by atoms with Crippen molar-refractivity contribution in [1.82, 2.24) is 25.1 Å². The van der Waals surface area contributed by atoms with Crippen LogP contribution in [-0.4, -0.2) is 39.4 Å². The second-order valence-electron chi connectivity index (χ2n) is 5.89. The quantitative estimate of drug-likeness (QED) is 0.810. The predicted octanol–water partition coefficient (Wildman–Crippen LogP) is 1.16. The van der Waals surface area contributed by atoms with Crippen LogP contribution in [0.2, 0.25) is 0 Å². The minimum absolute atomic E-state index is 0.0412. The Labute approximate surface area is 135 Å². The number of anilines is 1. The predicted molar refractivity (Wildman–Crippen MR) is 77.8 cm³/mol. The molecule has 4 heterocycles. The summed E-state index contributed by atoms with van der Waals surface area (Å²) >= 11 is 0. The zero-order chi connectivity index (χ0) is 16.9. The van der Waals surface area contributed by atoms with Gasteiger partial charge in [-0.25, -0.2) is 9.97 Å². The molecule has 3 N–H and O–H groups in total. The van der Waals surface area contributed by atoms with E-state index in [1.54, 1.807) is 10.7 Å². The molecule has 24 heavy (non-hydrogen) atoms. The van der Waals surface area contributed by atoms with Crippen molar-refractivity contribution in [2.75, 3.05) is 25.4 Å². The maximum absolute atomic E-state index is 13.0. The highest BCUT2D eigenvalue weighted by atomic mass is 19.4. The number of nitrogens with one attached hydrogen (secondary N) is 1. The second kappa shape index (κ2) is 5.15. The van der Waals surface area contributed by atoms with Gasteiger partial charge in [0.1, 0.15) is 17.0 Å². The lowest BCUT2D eigenvalue weighted by Gasteiger charge is -2.33. The van der Waals surface area contributed by atoms with Crippen LogP contribution in [0.1, 0.15) is 17.8 Å². The maximum Gasteiger partial charge on any atom is 0.437 e. The molecule has 10 heteroatoms. The van der Waals surface area contributed by atoms with E-state index in [0.717, 1.165) is 18.7 Å². The van der Waals surface area contributed by atoms with Gasteiger partial charge in [-0.1, -0.05) is 0 Å². The summed E-state index contributed by atoms with van der Waals surface area (Å²) in [5, 5.41) is 7.64. The molecule has 0 aliphatic carbocycles. The number of hydrogen-bond donors (Lipinski definition) is 2. The summed E-state index contributed by atoms with van der Waals surface area (Å²) < 4.78 is 46.6. The third-order valence-corrected chi connectivity index (χ3v) is 4.38. The van der Waals surface area contributed by atoms with Gasteiger partial charge in [0.2, 0.25) is 0 Å². The van der Waals surface area contributed by atoms with E-state index in [0.29, 0.717) is 25.4 Å². The molecule has 0 aromatic carbocycles. The first-order valence-corrected chi connectivity index (χ1v) is 7.52. The number of alkyl halides is 3. The number of nitrogens with two attached hydrogens (primary N) is 1. The minimum atomic E-state index is -4.66.